The minimum absolute atomic E-state index is 0.177. The normalized spacial score (nSPS) is 10.9. The van der Waals surface area contributed by atoms with Gasteiger partial charge < -0.3 is 10.2 Å². The maximum absolute atomic E-state index is 12.0. The molecule has 112 valence electrons. The number of aryl methyl sites for hydroxylation is 1. The lowest BCUT2D eigenvalue weighted by molar-refractivity contribution is 0.101. The van der Waals surface area contributed by atoms with E-state index < -0.39 is 0 Å². The van der Waals surface area contributed by atoms with Gasteiger partial charge in [-0.05, 0) is 38.2 Å². The molecule has 1 amide bonds. The van der Waals surface area contributed by atoms with Crippen molar-refractivity contribution in [3.05, 3.63) is 41.5 Å². The minimum Gasteiger partial charge on any atom is -0.319 e. The third kappa shape index (κ3) is 4.39. The van der Waals surface area contributed by atoms with Crippen LogP contribution in [0.4, 0.5) is 5.69 Å². The minimum atomic E-state index is -0.297. The van der Waals surface area contributed by atoms with Crippen molar-refractivity contribution >= 4 is 11.6 Å². The van der Waals surface area contributed by atoms with Gasteiger partial charge in [0.15, 0.2) is 0 Å². The number of H-pyrrole nitrogens is 1. The molecule has 0 aliphatic heterocycles. The second-order valence-electron chi connectivity index (χ2n) is 5.24. The van der Waals surface area contributed by atoms with Crippen LogP contribution in [0.5, 0.6) is 0 Å². The van der Waals surface area contributed by atoms with E-state index in [2.05, 4.69) is 32.3 Å². The van der Waals surface area contributed by atoms with Gasteiger partial charge in [-0.2, -0.15) is 0 Å². The van der Waals surface area contributed by atoms with E-state index in [1.165, 1.54) is 5.56 Å². The third-order valence-electron chi connectivity index (χ3n) is 2.93. The van der Waals surface area contributed by atoms with Crippen molar-refractivity contribution in [2.24, 2.45) is 0 Å². The second kappa shape index (κ2) is 6.99. The van der Waals surface area contributed by atoms with Gasteiger partial charge in [-0.3, -0.25) is 9.89 Å². The second-order valence-corrected chi connectivity index (χ2v) is 5.24. The van der Waals surface area contributed by atoms with E-state index in [1.807, 2.05) is 38.4 Å². The van der Waals surface area contributed by atoms with Crippen molar-refractivity contribution in [3.63, 3.8) is 0 Å². The third-order valence-corrected chi connectivity index (χ3v) is 2.93. The summed E-state index contributed by atoms with van der Waals surface area (Å²) in [6, 6.07) is 7.76. The topological polar surface area (TPSA) is 73.9 Å². The number of anilines is 1. The molecule has 21 heavy (non-hydrogen) atoms. The van der Waals surface area contributed by atoms with E-state index in [4.69, 9.17) is 0 Å². The molecular weight excluding hydrogens is 266 g/mol. The fourth-order valence-electron chi connectivity index (χ4n) is 1.99. The highest BCUT2D eigenvalue weighted by atomic mass is 16.2. The Labute approximate surface area is 124 Å². The van der Waals surface area contributed by atoms with E-state index in [-0.39, 0.29) is 11.7 Å². The first kappa shape index (κ1) is 15.2. The predicted molar refractivity (Wildman–Crippen MR) is 82.2 cm³/mol. The Bertz CT molecular complexity index is 588. The fourth-order valence-corrected chi connectivity index (χ4v) is 1.99. The van der Waals surface area contributed by atoms with Crippen molar-refractivity contribution in [2.45, 2.75) is 26.3 Å². The van der Waals surface area contributed by atoms with E-state index in [1.54, 1.807) is 0 Å². The van der Waals surface area contributed by atoms with Gasteiger partial charge in [0.25, 0.3) is 5.91 Å². The van der Waals surface area contributed by atoms with Gasteiger partial charge >= 0.3 is 0 Å². The smallest absolute Gasteiger partial charge is 0.295 e. The van der Waals surface area contributed by atoms with E-state index in [9.17, 15) is 4.79 Å². The molecule has 0 saturated heterocycles. The Balaban J connectivity index is 1.98. The van der Waals surface area contributed by atoms with Crippen LogP contribution in [0.2, 0.25) is 0 Å². The molecule has 2 aromatic rings. The van der Waals surface area contributed by atoms with Crippen molar-refractivity contribution in [1.82, 2.24) is 20.1 Å². The molecule has 0 aliphatic carbocycles. The van der Waals surface area contributed by atoms with Crippen LogP contribution in [0.3, 0.4) is 0 Å². The van der Waals surface area contributed by atoms with Crippen LogP contribution in [-0.2, 0) is 13.0 Å². The number of aromatic amines is 1. The van der Waals surface area contributed by atoms with Gasteiger partial charge in [0.1, 0.15) is 5.82 Å². The van der Waals surface area contributed by atoms with E-state index in [0.29, 0.717) is 0 Å². The first-order valence-corrected chi connectivity index (χ1v) is 7.04. The monoisotopic (exact) mass is 287 g/mol. The summed E-state index contributed by atoms with van der Waals surface area (Å²) in [6.45, 7) is 2.92. The quantitative estimate of drug-likeness (QED) is 0.853. The highest BCUT2D eigenvalue weighted by Crippen LogP contribution is 2.11. The molecule has 6 heteroatoms. The summed E-state index contributed by atoms with van der Waals surface area (Å²) in [5, 5.41) is 9.51. The van der Waals surface area contributed by atoms with Gasteiger partial charge in [0.2, 0.25) is 5.82 Å². The zero-order chi connectivity index (χ0) is 15.2. The zero-order valence-electron chi connectivity index (χ0n) is 12.7. The molecule has 0 bridgehead atoms. The van der Waals surface area contributed by atoms with Gasteiger partial charge in [0.05, 0.1) is 0 Å². The fraction of sp³-hybridized carbons (Fsp3) is 0.400. The molecule has 6 nitrogen and oxygen atoms in total. The number of carbonyl (C=O) groups excluding carboxylic acids is 1. The zero-order valence-corrected chi connectivity index (χ0v) is 12.7. The molecule has 0 unspecified atom stereocenters. The van der Waals surface area contributed by atoms with Crippen LogP contribution in [0.25, 0.3) is 0 Å². The van der Waals surface area contributed by atoms with Gasteiger partial charge in [0, 0.05) is 18.7 Å². The van der Waals surface area contributed by atoms with Crippen LogP contribution in [0.1, 0.15) is 35.4 Å². The largest absolute Gasteiger partial charge is 0.319 e. The number of carbonyl (C=O) groups is 1. The summed E-state index contributed by atoms with van der Waals surface area (Å²) in [4.78, 5) is 18.3. The molecule has 0 spiro atoms. The molecule has 1 heterocycles. The number of hydrogen-bond acceptors (Lipinski definition) is 4. The summed E-state index contributed by atoms with van der Waals surface area (Å²) >= 11 is 0. The molecule has 2 rings (SSSR count). The Hall–Kier alpha value is -2.21. The average Bonchev–Trinajstić information content (AvgIpc) is 2.89. The Morgan fingerprint density at radius 2 is 2.00 bits per heavy atom. The van der Waals surface area contributed by atoms with Crippen LogP contribution < -0.4 is 5.32 Å². The number of benzene rings is 1. The summed E-state index contributed by atoms with van der Waals surface area (Å²) in [5.41, 5.74) is 1.94. The SMILES string of the molecule is CCCc1nc(C(=O)Nc2ccc(CN(C)C)cc2)n[nH]1. The Kier molecular flexibility index (Phi) is 5.05. The lowest BCUT2D eigenvalue weighted by atomic mass is 10.2. The maximum Gasteiger partial charge on any atom is 0.295 e. The molecule has 2 N–H and O–H groups in total. The van der Waals surface area contributed by atoms with Crippen molar-refractivity contribution < 1.29 is 4.79 Å². The standard InChI is InChI=1S/C15H21N5O/c1-4-5-13-17-14(19-18-13)15(21)16-12-8-6-11(7-9-12)10-20(2)3/h6-9H,4-5,10H2,1-3H3,(H,16,21)(H,17,18,19). The molecule has 1 aromatic heterocycles. The maximum atomic E-state index is 12.0. The summed E-state index contributed by atoms with van der Waals surface area (Å²) in [5.74, 6) is 0.619. The Morgan fingerprint density at radius 3 is 2.62 bits per heavy atom. The lowest BCUT2D eigenvalue weighted by Gasteiger charge is -2.10. The number of amides is 1. The highest BCUT2D eigenvalue weighted by molar-refractivity contribution is 6.01. The highest BCUT2D eigenvalue weighted by Gasteiger charge is 2.12. The first-order chi connectivity index (χ1) is 10.1. The molecule has 0 atom stereocenters. The molecular formula is C15H21N5O. The van der Waals surface area contributed by atoms with E-state index in [0.717, 1.165) is 30.9 Å². The van der Waals surface area contributed by atoms with Crippen LogP contribution >= 0.6 is 0 Å². The van der Waals surface area contributed by atoms with Crippen LogP contribution in [0, 0.1) is 0 Å². The van der Waals surface area contributed by atoms with E-state index >= 15 is 0 Å². The van der Waals surface area contributed by atoms with Crippen LogP contribution in [0.15, 0.2) is 24.3 Å². The Morgan fingerprint density at radius 1 is 1.29 bits per heavy atom. The number of aromatic nitrogens is 3. The molecule has 1 aromatic carbocycles. The van der Waals surface area contributed by atoms with Crippen molar-refractivity contribution in [3.8, 4) is 0 Å². The molecule has 0 fully saturated rings. The lowest BCUT2D eigenvalue weighted by Crippen LogP contribution is -2.14. The predicted octanol–water partition coefficient (Wildman–Crippen LogP) is 2.07. The first-order valence-electron chi connectivity index (χ1n) is 7.04. The molecule has 0 aliphatic rings. The van der Waals surface area contributed by atoms with Crippen molar-refractivity contribution in [2.75, 3.05) is 19.4 Å². The van der Waals surface area contributed by atoms with Gasteiger partial charge in [-0.1, -0.05) is 19.1 Å². The molecule has 0 radical (unpaired) electrons. The van der Waals surface area contributed by atoms with Gasteiger partial charge in [-0.25, -0.2) is 4.98 Å². The summed E-state index contributed by atoms with van der Waals surface area (Å²) in [7, 11) is 4.04. The van der Waals surface area contributed by atoms with Crippen LogP contribution in [-0.4, -0.2) is 40.1 Å². The number of rotatable bonds is 6. The summed E-state index contributed by atoms with van der Waals surface area (Å²) < 4.78 is 0. The van der Waals surface area contributed by atoms with Crippen molar-refractivity contribution in [1.29, 1.82) is 0 Å². The average molecular weight is 287 g/mol. The molecule has 0 saturated carbocycles. The summed E-state index contributed by atoms with van der Waals surface area (Å²) in [6.07, 6.45) is 1.75. The van der Waals surface area contributed by atoms with Gasteiger partial charge in [-0.15, -0.1) is 5.10 Å². The number of hydrogen-bond donors (Lipinski definition) is 2. The number of nitrogens with one attached hydrogen (secondary N) is 2. The number of nitrogens with zero attached hydrogens (tertiary/aromatic N) is 3.